The first-order chi connectivity index (χ1) is 9.16. The minimum atomic E-state index is -0.194. The van der Waals surface area contributed by atoms with Gasteiger partial charge in [0.15, 0.2) is 0 Å². The molecule has 2 N–H and O–H groups in total. The fourth-order valence-corrected chi connectivity index (χ4v) is 2.25. The zero-order valence-corrected chi connectivity index (χ0v) is 10.9. The normalized spacial score (nSPS) is 16.8. The van der Waals surface area contributed by atoms with Gasteiger partial charge >= 0.3 is 0 Å². The molecule has 3 rings (SSSR count). The molecule has 1 aromatic carbocycles. The monoisotopic (exact) mass is 257 g/mol. The molecule has 2 heterocycles. The molecule has 0 radical (unpaired) electrons. The fraction of sp³-hybridized carbons (Fsp3) is 0.286. The van der Waals surface area contributed by atoms with Crippen LogP contribution in [0.3, 0.4) is 0 Å². The second kappa shape index (κ2) is 4.42. The Kier molecular flexibility index (Phi) is 2.74. The van der Waals surface area contributed by atoms with Crippen LogP contribution in [0.1, 0.15) is 22.7 Å². The standard InChI is InChI=1S/C14H15N3O2/c1-8-9(2)17-19-14(8)16-13(18)11-7-15-12-6-4-3-5-10(11)12/h3-6,11,15H,7H2,1-2H3,(H,16,18). The molecule has 1 aromatic heterocycles. The second-order valence-electron chi connectivity index (χ2n) is 4.73. The van der Waals surface area contributed by atoms with E-state index in [4.69, 9.17) is 4.52 Å². The van der Waals surface area contributed by atoms with Crippen LogP contribution in [0.25, 0.3) is 0 Å². The number of amides is 1. The molecule has 5 nitrogen and oxygen atoms in total. The van der Waals surface area contributed by atoms with Crippen LogP contribution in [-0.4, -0.2) is 17.6 Å². The third-order valence-corrected chi connectivity index (χ3v) is 3.54. The third kappa shape index (κ3) is 1.97. The van der Waals surface area contributed by atoms with Gasteiger partial charge in [-0.1, -0.05) is 23.4 Å². The largest absolute Gasteiger partial charge is 0.384 e. The number of carbonyl (C=O) groups is 1. The van der Waals surface area contributed by atoms with E-state index >= 15 is 0 Å². The number of aromatic nitrogens is 1. The lowest BCUT2D eigenvalue weighted by molar-refractivity contribution is -0.117. The fourth-order valence-electron chi connectivity index (χ4n) is 2.25. The number of aryl methyl sites for hydroxylation is 1. The smallest absolute Gasteiger partial charge is 0.236 e. The molecule has 0 saturated carbocycles. The number of nitrogens with one attached hydrogen (secondary N) is 2. The van der Waals surface area contributed by atoms with Gasteiger partial charge in [0.25, 0.3) is 0 Å². The molecule has 2 aromatic rings. The Hall–Kier alpha value is -2.30. The molecule has 19 heavy (non-hydrogen) atoms. The molecule has 0 fully saturated rings. The van der Waals surface area contributed by atoms with Crippen molar-refractivity contribution in [3.8, 4) is 0 Å². The maximum absolute atomic E-state index is 12.3. The molecule has 0 saturated heterocycles. The van der Waals surface area contributed by atoms with Gasteiger partial charge in [-0.3, -0.25) is 10.1 Å². The Bertz CT molecular complexity index is 633. The van der Waals surface area contributed by atoms with Crippen molar-refractivity contribution < 1.29 is 9.32 Å². The van der Waals surface area contributed by atoms with Crippen LogP contribution in [0.5, 0.6) is 0 Å². The van der Waals surface area contributed by atoms with Gasteiger partial charge in [-0.15, -0.1) is 0 Å². The molecule has 0 aliphatic carbocycles. The number of benzene rings is 1. The topological polar surface area (TPSA) is 67.2 Å². The Morgan fingerprint density at radius 2 is 2.21 bits per heavy atom. The maximum atomic E-state index is 12.3. The van der Waals surface area contributed by atoms with Crippen molar-refractivity contribution in [1.82, 2.24) is 5.16 Å². The van der Waals surface area contributed by atoms with Crippen molar-refractivity contribution in [3.63, 3.8) is 0 Å². The van der Waals surface area contributed by atoms with Gasteiger partial charge in [-0.05, 0) is 25.5 Å². The average molecular weight is 257 g/mol. The molecular weight excluding hydrogens is 242 g/mol. The van der Waals surface area contributed by atoms with Crippen LogP contribution in [-0.2, 0) is 4.79 Å². The van der Waals surface area contributed by atoms with E-state index in [1.807, 2.05) is 38.1 Å². The summed E-state index contributed by atoms with van der Waals surface area (Å²) in [6.07, 6.45) is 0. The Balaban J connectivity index is 1.81. The first-order valence-corrected chi connectivity index (χ1v) is 6.23. The van der Waals surface area contributed by atoms with E-state index in [2.05, 4.69) is 15.8 Å². The molecule has 1 aliphatic heterocycles. The summed E-state index contributed by atoms with van der Waals surface area (Å²) in [5, 5.41) is 9.87. The van der Waals surface area contributed by atoms with E-state index in [1.165, 1.54) is 0 Å². The SMILES string of the molecule is Cc1noc(NC(=O)C2CNc3ccccc32)c1C. The number of hydrogen-bond donors (Lipinski definition) is 2. The first kappa shape index (κ1) is 11.8. The Morgan fingerprint density at radius 1 is 1.42 bits per heavy atom. The van der Waals surface area contributed by atoms with E-state index in [1.54, 1.807) is 0 Å². The molecule has 0 spiro atoms. The highest BCUT2D eigenvalue weighted by Crippen LogP contribution is 2.32. The van der Waals surface area contributed by atoms with Crippen molar-refractivity contribution in [1.29, 1.82) is 0 Å². The molecular formula is C14H15N3O2. The molecule has 5 heteroatoms. The minimum Gasteiger partial charge on any atom is -0.384 e. The van der Waals surface area contributed by atoms with Crippen LogP contribution in [0, 0.1) is 13.8 Å². The van der Waals surface area contributed by atoms with E-state index < -0.39 is 0 Å². The molecule has 1 unspecified atom stereocenters. The predicted octanol–water partition coefficient (Wildman–Crippen LogP) is 2.44. The number of para-hydroxylation sites is 1. The summed E-state index contributed by atoms with van der Waals surface area (Å²) in [6, 6.07) is 7.84. The molecule has 98 valence electrons. The summed E-state index contributed by atoms with van der Waals surface area (Å²) >= 11 is 0. The van der Waals surface area contributed by atoms with Crippen LogP contribution < -0.4 is 10.6 Å². The van der Waals surface area contributed by atoms with Gasteiger partial charge in [0.05, 0.1) is 11.6 Å². The highest BCUT2D eigenvalue weighted by Gasteiger charge is 2.29. The quantitative estimate of drug-likeness (QED) is 0.867. The van der Waals surface area contributed by atoms with E-state index in [0.717, 1.165) is 22.5 Å². The summed E-state index contributed by atoms with van der Waals surface area (Å²) in [7, 11) is 0. The van der Waals surface area contributed by atoms with Gasteiger partial charge in [0.2, 0.25) is 11.8 Å². The summed E-state index contributed by atoms with van der Waals surface area (Å²) in [5.41, 5.74) is 3.70. The van der Waals surface area contributed by atoms with Crippen molar-refractivity contribution in [2.45, 2.75) is 19.8 Å². The van der Waals surface area contributed by atoms with Crippen LogP contribution in [0.15, 0.2) is 28.8 Å². The van der Waals surface area contributed by atoms with E-state index in [0.29, 0.717) is 12.4 Å². The number of carbonyl (C=O) groups excluding carboxylic acids is 1. The summed E-state index contributed by atoms with van der Waals surface area (Å²) in [5.74, 6) is 0.171. The van der Waals surface area contributed by atoms with E-state index in [9.17, 15) is 4.79 Å². The van der Waals surface area contributed by atoms with Crippen molar-refractivity contribution in [2.75, 3.05) is 17.2 Å². The Labute approximate surface area is 111 Å². The maximum Gasteiger partial charge on any atom is 0.236 e. The third-order valence-electron chi connectivity index (χ3n) is 3.54. The molecule has 1 aliphatic rings. The van der Waals surface area contributed by atoms with Crippen molar-refractivity contribution in [2.24, 2.45) is 0 Å². The zero-order chi connectivity index (χ0) is 13.4. The zero-order valence-electron chi connectivity index (χ0n) is 10.9. The summed E-state index contributed by atoms with van der Waals surface area (Å²) in [6.45, 7) is 4.33. The summed E-state index contributed by atoms with van der Waals surface area (Å²) < 4.78 is 5.11. The lowest BCUT2D eigenvalue weighted by Gasteiger charge is -2.09. The van der Waals surface area contributed by atoms with Crippen LogP contribution in [0.2, 0.25) is 0 Å². The number of nitrogens with zero attached hydrogens (tertiary/aromatic N) is 1. The summed E-state index contributed by atoms with van der Waals surface area (Å²) in [4.78, 5) is 12.3. The predicted molar refractivity (Wildman–Crippen MR) is 72.3 cm³/mol. The van der Waals surface area contributed by atoms with Gasteiger partial charge in [-0.2, -0.15) is 0 Å². The molecule has 0 bridgehead atoms. The number of rotatable bonds is 2. The average Bonchev–Trinajstić information content (AvgIpc) is 2.97. The van der Waals surface area contributed by atoms with Gasteiger partial charge in [0, 0.05) is 17.8 Å². The highest BCUT2D eigenvalue weighted by molar-refractivity contribution is 5.97. The van der Waals surface area contributed by atoms with Crippen LogP contribution >= 0.6 is 0 Å². The lowest BCUT2D eigenvalue weighted by Crippen LogP contribution is -2.22. The minimum absolute atomic E-state index is 0.0725. The number of hydrogen-bond acceptors (Lipinski definition) is 4. The molecule has 1 amide bonds. The first-order valence-electron chi connectivity index (χ1n) is 6.23. The number of anilines is 2. The van der Waals surface area contributed by atoms with Gasteiger partial charge in [0.1, 0.15) is 0 Å². The van der Waals surface area contributed by atoms with Crippen LogP contribution in [0.4, 0.5) is 11.6 Å². The second-order valence-corrected chi connectivity index (χ2v) is 4.73. The highest BCUT2D eigenvalue weighted by atomic mass is 16.5. The molecule has 1 atom stereocenters. The van der Waals surface area contributed by atoms with Crippen molar-refractivity contribution >= 4 is 17.5 Å². The van der Waals surface area contributed by atoms with Gasteiger partial charge in [-0.25, -0.2) is 0 Å². The van der Waals surface area contributed by atoms with E-state index in [-0.39, 0.29) is 11.8 Å². The Morgan fingerprint density at radius 3 is 2.95 bits per heavy atom. The number of fused-ring (bicyclic) bond motifs is 1. The van der Waals surface area contributed by atoms with Crippen molar-refractivity contribution in [3.05, 3.63) is 41.1 Å². The lowest BCUT2D eigenvalue weighted by atomic mass is 10.0. The van der Waals surface area contributed by atoms with Gasteiger partial charge < -0.3 is 9.84 Å².